The summed E-state index contributed by atoms with van der Waals surface area (Å²) in [6.45, 7) is 2.09. The van der Waals surface area contributed by atoms with Gasteiger partial charge in [-0.3, -0.25) is 10.2 Å². The molecule has 4 nitrogen and oxygen atoms in total. The van der Waals surface area contributed by atoms with Crippen LogP contribution in [0.25, 0.3) is 32.9 Å². The lowest BCUT2D eigenvalue weighted by Crippen LogP contribution is -2.30. The number of nitrogens with zero attached hydrogens (tertiary/aromatic N) is 1. The highest BCUT2D eigenvalue weighted by Gasteiger charge is 2.15. The van der Waals surface area contributed by atoms with Crippen LogP contribution in [-0.4, -0.2) is 10.9 Å². The molecule has 4 aromatic rings. The van der Waals surface area contributed by atoms with Crippen LogP contribution in [-0.2, 0) is 0 Å². The van der Waals surface area contributed by atoms with Crippen molar-refractivity contribution in [1.82, 2.24) is 10.4 Å². The van der Waals surface area contributed by atoms with E-state index in [0.717, 1.165) is 32.0 Å². The molecule has 26 heavy (non-hydrogen) atoms. The van der Waals surface area contributed by atoms with Gasteiger partial charge in [0.05, 0.1) is 16.8 Å². The summed E-state index contributed by atoms with van der Waals surface area (Å²) in [7, 11) is 0. The SMILES string of the molecule is Cc1ccc(-c2cc(C(=O)NN)c3cc(Br)ccc3n2)c2ccccc12. The molecule has 0 saturated carbocycles. The molecule has 5 heteroatoms. The van der Waals surface area contributed by atoms with Gasteiger partial charge in [0, 0.05) is 15.4 Å². The molecule has 0 saturated heterocycles. The highest BCUT2D eigenvalue weighted by atomic mass is 79.9. The quantitative estimate of drug-likeness (QED) is 0.287. The Morgan fingerprint density at radius 3 is 2.54 bits per heavy atom. The van der Waals surface area contributed by atoms with Crippen molar-refractivity contribution in [3.05, 3.63) is 76.3 Å². The lowest BCUT2D eigenvalue weighted by atomic mass is 9.96. The predicted octanol–water partition coefficient (Wildman–Crippen LogP) is 4.73. The minimum Gasteiger partial charge on any atom is -0.290 e. The van der Waals surface area contributed by atoms with Gasteiger partial charge in [-0.15, -0.1) is 0 Å². The molecule has 0 unspecified atom stereocenters. The van der Waals surface area contributed by atoms with E-state index in [9.17, 15) is 4.79 Å². The van der Waals surface area contributed by atoms with Crippen LogP contribution >= 0.6 is 15.9 Å². The third kappa shape index (κ3) is 2.75. The molecule has 1 aromatic heterocycles. The summed E-state index contributed by atoms with van der Waals surface area (Å²) in [6.07, 6.45) is 0. The number of hydrogen-bond donors (Lipinski definition) is 2. The molecule has 128 valence electrons. The van der Waals surface area contributed by atoms with Gasteiger partial charge in [-0.05, 0) is 47.5 Å². The first-order valence-corrected chi connectivity index (χ1v) is 8.98. The van der Waals surface area contributed by atoms with Crippen molar-refractivity contribution in [1.29, 1.82) is 0 Å². The highest BCUT2D eigenvalue weighted by molar-refractivity contribution is 9.10. The third-order valence-electron chi connectivity index (χ3n) is 4.56. The molecule has 4 rings (SSSR count). The first kappa shape index (κ1) is 16.7. The van der Waals surface area contributed by atoms with Crippen LogP contribution in [0.3, 0.4) is 0 Å². The van der Waals surface area contributed by atoms with Gasteiger partial charge in [0.25, 0.3) is 5.91 Å². The van der Waals surface area contributed by atoms with Crippen molar-refractivity contribution in [2.45, 2.75) is 6.92 Å². The third-order valence-corrected chi connectivity index (χ3v) is 5.06. The standard InChI is InChI=1S/C21H16BrN3O/c1-12-6-8-16(15-5-3-2-4-14(12)15)20-11-18(21(26)25-23)17-10-13(22)7-9-19(17)24-20/h2-11H,23H2,1H3,(H,25,26). The van der Waals surface area contributed by atoms with Crippen LogP contribution in [0.4, 0.5) is 0 Å². The van der Waals surface area contributed by atoms with Gasteiger partial charge < -0.3 is 0 Å². The van der Waals surface area contributed by atoms with Crippen LogP contribution in [0.2, 0.25) is 0 Å². The highest BCUT2D eigenvalue weighted by Crippen LogP contribution is 2.32. The maximum absolute atomic E-state index is 12.4. The summed E-state index contributed by atoms with van der Waals surface area (Å²) in [5.74, 6) is 5.06. The Balaban J connectivity index is 2.06. The Morgan fingerprint density at radius 2 is 1.77 bits per heavy atom. The number of pyridine rings is 1. The zero-order valence-electron chi connectivity index (χ0n) is 14.1. The molecule has 0 aliphatic rings. The van der Waals surface area contributed by atoms with E-state index >= 15 is 0 Å². The molecule has 1 amide bonds. The van der Waals surface area contributed by atoms with E-state index < -0.39 is 0 Å². The summed E-state index contributed by atoms with van der Waals surface area (Å²) in [4.78, 5) is 17.2. The Labute approximate surface area is 159 Å². The van der Waals surface area contributed by atoms with Gasteiger partial charge >= 0.3 is 0 Å². The molecule has 0 aliphatic carbocycles. The minimum absolute atomic E-state index is 0.340. The number of amides is 1. The van der Waals surface area contributed by atoms with E-state index in [0.29, 0.717) is 5.56 Å². The van der Waals surface area contributed by atoms with Crippen LogP contribution in [0.5, 0.6) is 0 Å². The number of nitrogens with two attached hydrogens (primary N) is 1. The van der Waals surface area contributed by atoms with Crippen molar-refractivity contribution in [2.75, 3.05) is 0 Å². The van der Waals surface area contributed by atoms with Gasteiger partial charge in [0.15, 0.2) is 0 Å². The number of nitrogens with one attached hydrogen (secondary N) is 1. The Bertz CT molecular complexity index is 1170. The van der Waals surface area contributed by atoms with Crippen LogP contribution in [0, 0.1) is 6.92 Å². The van der Waals surface area contributed by atoms with Crippen molar-refractivity contribution in [2.24, 2.45) is 5.84 Å². The molecule has 0 aliphatic heterocycles. The summed E-state index contributed by atoms with van der Waals surface area (Å²) < 4.78 is 0.881. The number of hydrogen-bond acceptors (Lipinski definition) is 3. The van der Waals surface area contributed by atoms with Gasteiger partial charge in [-0.2, -0.15) is 0 Å². The second kappa shape index (κ2) is 6.52. The van der Waals surface area contributed by atoms with E-state index in [-0.39, 0.29) is 5.91 Å². The number of hydrazine groups is 1. The number of aromatic nitrogens is 1. The van der Waals surface area contributed by atoms with Gasteiger partial charge in [-0.1, -0.05) is 52.3 Å². The average Bonchev–Trinajstić information content (AvgIpc) is 2.67. The monoisotopic (exact) mass is 405 g/mol. The molecule has 3 aromatic carbocycles. The summed E-state index contributed by atoms with van der Waals surface area (Å²) in [5.41, 5.74) is 6.41. The molecule has 0 bridgehead atoms. The van der Waals surface area contributed by atoms with E-state index in [2.05, 4.69) is 52.5 Å². The zero-order valence-corrected chi connectivity index (χ0v) is 15.7. The smallest absolute Gasteiger partial charge is 0.265 e. The summed E-state index contributed by atoms with van der Waals surface area (Å²) in [6, 6.07) is 19.8. The first-order valence-electron chi connectivity index (χ1n) is 8.18. The van der Waals surface area contributed by atoms with E-state index in [1.54, 1.807) is 6.07 Å². The van der Waals surface area contributed by atoms with Crippen LogP contribution in [0.15, 0.2) is 65.1 Å². The number of carbonyl (C=O) groups is 1. The Morgan fingerprint density at radius 1 is 1.00 bits per heavy atom. The zero-order chi connectivity index (χ0) is 18.3. The fraction of sp³-hybridized carbons (Fsp3) is 0.0476. The number of halogens is 1. The molecular weight excluding hydrogens is 390 g/mol. The van der Waals surface area contributed by atoms with Crippen molar-refractivity contribution in [3.8, 4) is 11.3 Å². The molecular formula is C21H16BrN3O. The van der Waals surface area contributed by atoms with Gasteiger partial charge in [-0.25, -0.2) is 10.8 Å². The number of aryl methyl sites for hydroxylation is 1. The number of carbonyl (C=O) groups excluding carboxylic acids is 1. The Kier molecular flexibility index (Phi) is 4.18. The molecule has 0 spiro atoms. The van der Waals surface area contributed by atoms with Gasteiger partial charge in [0.2, 0.25) is 0 Å². The number of fused-ring (bicyclic) bond motifs is 2. The fourth-order valence-electron chi connectivity index (χ4n) is 3.27. The lowest BCUT2D eigenvalue weighted by molar-refractivity contribution is 0.0955. The van der Waals surface area contributed by atoms with Crippen LogP contribution in [0.1, 0.15) is 15.9 Å². The van der Waals surface area contributed by atoms with E-state index in [1.807, 2.05) is 30.3 Å². The second-order valence-corrected chi connectivity index (χ2v) is 7.08. The largest absolute Gasteiger partial charge is 0.290 e. The average molecular weight is 406 g/mol. The maximum Gasteiger partial charge on any atom is 0.265 e. The molecule has 3 N–H and O–H groups in total. The summed E-state index contributed by atoms with van der Waals surface area (Å²) in [5, 5.41) is 3.03. The Hall–Kier alpha value is -2.76. The van der Waals surface area contributed by atoms with E-state index in [4.69, 9.17) is 10.8 Å². The predicted molar refractivity (Wildman–Crippen MR) is 109 cm³/mol. The van der Waals surface area contributed by atoms with Gasteiger partial charge in [0.1, 0.15) is 0 Å². The van der Waals surface area contributed by atoms with Crippen molar-refractivity contribution in [3.63, 3.8) is 0 Å². The lowest BCUT2D eigenvalue weighted by Gasteiger charge is -2.12. The van der Waals surface area contributed by atoms with Crippen molar-refractivity contribution >= 4 is 43.5 Å². The molecule has 0 fully saturated rings. The van der Waals surface area contributed by atoms with Crippen LogP contribution < -0.4 is 11.3 Å². The number of rotatable bonds is 2. The topological polar surface area (TPSA) is 68.0 Å². The molecule has 1 heterocycles. The first-order chi connectivity index (χ1) is 12.6. The van der Waals surface area contributed by atoms with E-state index in [1.165, 1.54) is 10.9 Å². The maximum atomic E-state index is 12.4. The fourth-order valence-corrected chi connectivity index (χ4v) is 3.64. The normalized spacial score (nSPS) is 11.0. The summed E-state index contributed by atoms with van der Waals surface area (Å²) >= 11 is 3.45. The molecule has 0 radical (unpaired) electrons. The molecule has 0 atom stereocenters. The second-order valence-electron chi connectivity index (χ2n) is 6.17. The number of benzene rings is 3. The minimum atomic E-state index is -0.340. The number of nitrogen functional groups attached to an aromatic ring is 1. The van der Waals surface area contributed by atoms with Crippen molar-refractivity contribution < 1.29 is 4.79 Å².